The van der Waals surface area contributed by atoms with Crippen molar-refractivity contribution < 1.29 is 0 Å². The van der Waals surface area contributed by atoms with Gasteiger partial charge in [0.2, 0.25) is 0 Å². The Bertz CT molecular complexity index is 7030. The normalized spacial score (nSPS) is 11.9. The monoisotopic (exact) mass is 1440 g/mol. The summed E-state index contributed by atoms with van der Waals surface area (Å²) in [5.41, 5.74) is 20.2. The van der Waals surface area contributed by atoms with Crippen molar-refractivity contribution in [3.63, 3.8) is 0 Å². The van der Waals surface area contributed by atoms with Crippen LogP contribution in [0.2, 0.25) is 0 Å². The number of hydrogen-bond donors (Lipinski definition) is 0. The van der Waals surface area contributed by atoms with Crippen molar-refractivity contribution in [2.75, 3.05) is 0 Å². The number of benzene rings is 14. The second-order valence-electron chi connectivity index (χ2n) is 26.4. The molecule has 0 bridgehead atoms. The van der Waals surface area contributed by atoms with Crippen LogP contribution in [0.25, 0.3) is 204 Å². The molecule has 0 saturated carbocycles. The molecule has 106 heavy (non-hydrogen) atoms. The highest BCUT2D eigenvalue weighted by Gasteiger charge is 2.24. The van der Waals surface area contributed by atoms with Gasteiger partial charge >= 0.3 is 0 Å². The third kappa shape index (κ3) is 11.1. The lowest BCUT2D eigenvalue weighted by Gasteiger charge is -2.11. The Morgan fingerprint density at radius 1 is 0.189 bits per heavy atom. The second-order valence-corrected chi connectivity index (χ2v) is 31.8. The first kappa shape index (κ1) is 62.1. The molecule has 21 aromatic rings. The van der Waals surface area contributed by atoms with E-state index in [-0.39, 0.29) is 0 Å². The first-order valence-corrected chi connectivity index (χ1v) is 39.1. The second kappa shape index (κ2) is 25.7. The Balaban J connectivity index is 0.000000136. The largest absolute Gasteiger partial charge is 0.236 e. The topological polar surface area (TPSA) is 103 Å². The molecule has 13 heteroatoms. The van der Waals surface area contributed by atoms with E-state index in [4.69, 9.17) is 39.9 Å². The van der Waals surface area contributed by atoms with Gasteiger partial charge in [0.25, 0.3) is 0 Å². The van der Waals surface area contributed by atoms with E-state index < -0.39 is 0 Å². The molecule has 0 N–H and O–H groups in total. The van der Waals surface area contributed by atoms with Crippen molar-refractivity contribution in [3.8, 4) is 123 Å². The van der Waals surface area contributed by atoms with Gasteiger partial charge in [-0.1, -0.05) is 237 Å². The van der Waals surface area contributed by atoms with Crippen LogP contribution in [0.15, 0.2) is 315 Å². The molecule has 496 valence electrons. The third-order valence-electron chi connectivity index (χ3n) is 20.0. The molecule has 1 aliphatic rings. The third-order valence-corrected chi connectivity index (χ3v) is 25.5. The molecule has 0 radical (unpaired) electrons. The summed E-state index contributed by atoms with van der Waals surface area (Å²) in [6.07, 6.45) is 0.951. The summed E-state index contributed by atoms with van der Waals surface area (Å²) in [5.74, 6) is 4.02. The van der Waals surface area contributed by atoms with Gasteiger partial charge in [0, 0.05) is 105 Å². The van der Waals surface area contributed by atoms with E-state index in [1.54, 1.807) is 34.0 Å². The van der Waals surface area contributed by atoms with Crippen LogP contribution in [0.3, 0.4) is 0 Å². The fraction of sp³-hybridized carbons (Fsp3) is 0.0108. The maximum atomic E-state index is 5.27. The predicted molar refractivity (Wildman–Crippen MR) is 447 cm³/mol. The minimum atomic E-state index is 0.661. The Morgan fingerprint density at radius 2 is 0.547 bits per heavy atom. The lowest BCUT2D eigenvalue weighted by molar-refractivity contribution is 1.08. The number of para-hydroxylation sites is 2. The average Bonchev–Trinajstić information content (AvgIpc) is 1.64. The number of hydrogen-bond acceptors (Lipinski definition) is 13. The summed E-state index contributed by atoms with van der Waals surface area (Å²) in [6.45, 7) is 0. The van der Waals surface area contributed by atoms with E-state index in [0.717, 1.165) is 77.4 Å². The summed E-state index contributed by atoms with van der Waals surface area (Å²) < 4.78 is 9.74. The first-order valence-electron chi connectivity index (χ1n) is 35.0. The van der Waals surface area contributed by atoms with E-state index in [1.165, 1.54) is 109 Å². The first-order chi connectivity index (χ1) is 52.4. The highest BCUT2D eigenvalue weighted by molar-refractivity contribution is 7.27. The van der Waals surface area contributed by atoms with Gasteiger partial charge in [0.05, 0.1) is 20.4 Å². The maximum absolute atomic E-state index is 5.27. The van der Waals surface area contributed by atoms with Gasteiger partial charge in [0.15, 0.2) is 34.9 Å². The van der Waals surface area contributed by atoms with Crippen molar-refractivity contribution in [2.24, 2.45) is 0 Å². The number of nitrogens with zero attached hydrogens (tertiary/aromatic N) is 8. The number of thiazole rings is 2. The summed E-state index contributed by atoms with van der Waals surface area (Å²) in [4.78, 5) is 40.8. The van der Waals surface area contributed by atoms with Gasteiger partial charge < -0.3 is 0 Å². The van der Waals surface area contributed by atoms with E-state index >= 15 is 0 Å². The fourth-order valence-electron chi connectivity index (χ4n) is 14.9. The molecule has 8 nitrogen and oxygen atoms in total. The lowest BCUT2D eigenvalue weighted by atomic mass is 10.00. The predicted octanol–water partition coefficient (Wildman–Crippen LogP) is 26.3. The zero-order valence-corrected chi connectivity index (χ0v) is 60.4. The standard InChI is InChI=1S/C47H28N4S2.C46H26N4S3/c1-2-10-28(11-3-1)44-49-45(33-21-20-32-25-31-12-4-5-15-35(31)38(32)26-33)51-46(50-44)37-16-9-19-41-43(37)36-23-22-30(27-42(36)52-41)29-13-8-14-34(24-29)47-48-39-17-6-7-18-40(39)53-47;1-2-11-27(12-3-1)43-48-44(33-16-9-21-38-41(33)31-15-4-6-19-36(31)51-38)50-45(49-43)34-17-10-22-39-42(34)32-24-23-29(26-40(32)52-39)28-13-8-14-30(25-28)46-47-35-18-5-7-20-37(35)53-46/h1-24,26-27H,25H2;1-26H. The molecule has 7 heterocycles. The average molecular weight is 1440 g/mol. The number of thiophene rings is 3. The summed E-state index contributed by atoms with van der Waals surface area (Å²) in [6, 6.07) is 111. The van der Waals surface area contributed by atoms with Crippen molar-refractivity contribution in [1.29, 1.82) is 0 Å². The molecule has 0 spiro atoms. The Labute approximate surface area is 628 Å². The van der Waals surface area contributed by atoms with Gasteiger partial charge in [-0.2, -0.15) is 0 Å². The van der Waals surface area contributed by atoms with Crippen molar-refractivity contribution in [3.05, 3.63) is 327 Å². The zero-order valence-electron chi connectivity index (χ0n) is 56.3. The molecule has 1 aliphatic carbocycles. The van der Waals surface area contributed by atoms with Crippen molar-refractivity contribution in [1.82, 2.24) is 39.9 Å². The Hall–Kier alpha value is -12.5. The van der Waals surface area contributed by atoms with Crippen LogP contribution in [-0.4, -0.2) is 39.9 Å². The molecule has 0 atom stereocenters. The van der Waals surface area contributed by atoms with E-state index in [0.29, 0.717) is 34.9 Å². The Kier molecular flexibility index (Phi) is 15.1. The zero-order chi connectivity index (χ0) is 69.8. The van der Waals surface area contributed by atoms with Gasteiger partial charge in [-0.25, -0.2) is 39.9 Å². The van der Waals surface area contributed by atoms with Crippen molar-refractivity contribution in [2.45, 2.75) is 6.42 Å². The van der Waals surface area contributed by atoms with Crippen molar-refractivity contribution >= 4 is 138 Å². The van der Waals surface area contributed by atoms with Crippen LogP contribution in [0.4, 0.5) is 0 Å². The lowest BCUT2D eigenvalue weighted by Crippen LogP contribution is -2.00. The highest BCUT2D eigenvalue weighted by Crippen LogP contribution is 2.47. The number of fused-ring (bicyclic) bond motifs is 14. The molecule has 14 aromatic carbocycles. The number of aromatic nitrogens is 8. The van der Waals surface area contributed by atoms with Gasteiger partial charge in [-0.3, -0.25) is 0 Å². The van der Waals surface area contributed by atoms with Crippen LogP contribution in [0.1, 0.15) is 11.1 Å². The maximum Gasteiger partial charge on any atom is 0.164 e. The van der Waals surface area contributed by atoms with Crippen LogP contribution in [-0.2, 0) is 6.42 Å². The summed E-state index contributed by atoms with van der Waals surface area (Å²) in [5, 5.41) is 9.21. The molecular formula is C93H54N8S5. The fourth-order valence-corrected chi connectivity index (χ4v) is 20.3. The van der Waals surface area contributed by atoms with Gasteiger partial charge in [-0.05, 0) is 130 Å². The smallest absolute Gasteiger partial charge is 0.164 e. The van der Waals surface area contributed by atoms with E-state index in [1.807, 2.05) is 71.2 Å². The van der Waals surface area contributed by atoms with E-state index in [9.17, 15) is 0 Å². The van der Waals surface area contributed by atoms with Gasteiger partial charge in [0.1, 0.15) is 10.0 Å². The molecule has 0 aliphatic heterocycles. The Morgan fingerprint density at radius 3 is 1.08 bits per heavy atom. The minimum absolute atomic E-state index is 0.661. The molecule has 0 saturated heterocycles. The molecule has 22 rings (SSSR count). The highest BCUT2D eigenvalue weighted by atomic mass is 32.1. The molecule has 0 amide bonds. The summed E-state index contributed by atoms with van der Waals surface area (Å²) in [7, 11) is 0. The van der Waals surface area contributed by atoms with Crippen LogP contribution in [0, 0.1) is 0 Å². The SMILES string of the molecule is c1ccc(-c2nc(-c3ccc4c(c3)-c3ccccc3C4)nc(-c3cccc4sc5cc(-c6cccc(-c7nc8ccccc8s7)c6)ccc5c34)n2)cc1.c1ccc(-c2nc(-c3cccc4sc5ccccc5c34)nc(-c3cccc4sc5cc(-c6cccc(-c7nc8ccccc8s7)c6)ccc5c34)n2)cc1. The quantitative estimate of drug-likeness (QED) is 0.133. The van der Waals surface area contributed by atoms with Crippen LogP contribution >= 0.6 is 56.7 Å². The summed E-state index contributed by atoms with van der Waals surface area (Å²) >= 11 is 8.89. The number of rotatable bonds is 10. The van der Waals surface area contributed by atoms with E-state index in [2.05, 4.69) is 267 Å². The molecular weight excluding hydrogens is 1390 g/mol. The molecule has 0 unspecified atom stereocenters. The van der Waals surface area contributed by atoms with Gasteiger partial charge in [-0.15, -0.1) is 56.7 Å². The molecule has 7 aromatic heterocycles. The molecule has 0 fully saturated rings. The van der Waals surface area contributed by atoms with Crippen LogP contribution in [0.5, 0.6) is 0 Å². The minimum Gasteiger partial charge on any atom is -0.236 e. The van der Waals surface area contributed by atoms with Crippen LogP contribution < -0.4 is 0 Å².